The Morgan fingerprint density at radius 3 is 2.32 bits per heavy atom. The summed E-state index contributed by atoms with van der Waals surface area (Å²) in [6.45, 7) is 3.29. The van der Waals surface area contributed by atoms with Crippen LogP contribution in [0.1, 0.15) is 27.2 Å². The van der Waals surface area contributed by atoms with Gasteiger partial charge in [-0.1, -0.05) is 45.0 Å². The highest BCUT2D eigenvalue weighted by atomic mass is 19.4. The number of fused-ring (bicyclic) bond motifs is 1. The molecule has 0 saturated carbocycles. The van der Waals surface area contributed by atoms with Crippen molar-refractivity contribution in [2.75, 3.05) is 18.5 Å². The third-order valence-electron chi connectivity index (χ3n) is 4.37. The van der Waals surface area contributed by atoms with Crippen molar-refractivity contribution >= 4 is 28.3 Å². The van der Waals surface area contributed by atoms with Crippen molar-refractivity contribution in [2.24, 2.45) is 5.41 Å². The second-order valence-corrected chi connectivity index (χ2v) is 6.91. The molecule has 8 heteroatoms. The highest BCUT2D eigenvalue weighted by molar-refractivity contribution is 6.05. The van der Waals surface area contributed by atoms with Crippen molar-refractivity contribution in [3.05, 3.63) is 36.4 Å². The number of alkyl halides is 3. The number of rotatable bonds is 7. The zero-order valence-electron chi connectivity index (χ0n) is 15.9. The number of hydrogen-bond donors (Lipinski definition) is 1. The number of carbonyl (C=O) groups is 2. The molecule has 0 spiro atoms. The van der Waals surface area contributed by atoms with Gasteiger partial charge in [0, 0.05) is 21.9 Å². The number of benzene rings is 2. The Morgan fingerprint density at radius 2 is 1.68 bits per heavy atom. The van der Waals surface area contributed by atoms with Gasteiger partial charge in [-0.05, 0) is 18.6 Å². The number of anilines is 1. The second-order valence-electron chi connectivity index (χ2n) is 6.91. The number of halogens is 3. The van der Waals surface area contributed by atoms with E-state index < -0.39 is 30.8 Å². The lowest BCUT2D eigenvalue weighted by atomic mass is 9.89. The summed E-state index contributed by atoms with van der Waals surface area (Å²) in [7, 11) is 0. The number of hydrogen-bond acceptors (Lipinski definition) is 4. The van der Waals surface area contributed by atoms with E-state index in [2.05, 4.69) is 10.1 Å². The van der Waals surface area contributed by atoms with Crippen LogP contribution >= 0.6 is 0 Å². The first-order chi connectivity index (χ1) is 13.0. The van der Waals surface area contributed by atoms with Crippen LogP contribution in [-0.4, -0.2) is 31.3 Å². The molecular weight excluding hydrogens is 375 g/mol. The van der Waals surface area contributed by atoms with Crippen molar-refractivity contribution in [1.82, 2.24) is 0 Å². The first kappa shape index (κ1) is 21.5. The minimum absolute atomic E-state index is 0.135. The van der Waals surface area contributed by atoms with Crippen molar-refractivity contribution in [1.29, 1.82) is 0 Å². The summed E-state index contributed by atoms with van der Waals surface area (Å²) in [4.78, 5) is 23.9. The van der Waals surface area contributed by atoms with E-state index in [4.69, 9.17) is 4.74 Å². The van der Waals surface area contributed by atoms with Gasteiger partial charge in [0.05, 0.1) is 0 Å². The maximum atomic E-state index is 12.5. The molecule has 0 aromatic heterocycles. The minimum Gasteiger partial charge on any atom is -0.481 e. The number of esters is 1. The smallest absolute Gasteiger partial charge is 0.422 e. The molecule has 0 aliphatic carbocycles. The highest BCUT2D eigenvalue weighted by Gasteiger charge is 2.29. The molecule has 0 saturated heterocycles. The molecule has 0 aliphatic rings. The van der Waals surface area contributed by atoms with E-state index >= 15 is 0 Å². The van der Waals surface area contributed by atoms with E-state index in [1.165, 1.54) is 0 Å². The zero-order valence-corrected chi connectivity index (χ0v) is 15.9. The predicted molar refractivity (Wildman–Crippen MR) is 99.2 cm³/mol. The lowest BCUT2D eigenvalue weighted by Gasteiger charge is -2.22. The van der Waals surface area contributed by atoms with Crippen LogP contribution < -0.4 is 10.1 Å². The van der Waals surface area contributed by atoms with Crippen LogP contribution in [0.25, 0.3) is 10.8 Å². The van der Waals surface area contributed by atoms with Gasteiger partial charge < -0.3 is 14.8 Å². The average Bonchev–Trinajstić information content (AvgIpc) is 2.64. The molecule has 0 aliphatic heterocycles. The molecule has 1 N–H and O–H groups in total. The van der Waals surface area contributed by atoms with Gasteiger partial charge >= 0.3 is 12.1 Å². The van der Waals surface area contributed by atoms with Crippen molar-refractivity contribution in [3.8, 4) is 5.75 Å². The normalized spacial score (nSPS) is 11.9. The largest absolute Gasteiger partial charge is 0.481 e. The van der Waals surface area contributed by atoms with Gasteiger partial charge in [-0.2, -0.15) is 13.2 Å². The van der Waals surface area contributed by atoms with Gasteiger partial charge in [0.2, 0.25) is 5.91 Å². The Morgan fingerprint density at radius 1 is 1.04 bits per heavy atom. The van der Waals surface area contributed by atoms with Gasteiger partial charge in [-0.3, -0.25) is 4.79 Å². The van der Waals surface area contributed by atoms with E-state index in [1.54, 1.807) is 36.4 Å². The molecule has 0 fully saturated rings. The molecule has 2 aromatic carbocycles. The molecule has 5 nitrogen and oxygen atoms in total. The summed E-state index contributed by atoms with van der Waals surface area (Å²) >= 11 is 0. The van der Waals surface area contributed by atoms with Crippen LogP contribution in [0.3, 0.4) is 0 Å². The zero-order chi connectivity index (χ0) is 20.9. The third-order valence-corrected chi connectivity index (χ3v) is 4.37. The van der Waals surface area contributed by atoms with Crippen molar-refractivity contribution < 1.29 is 32.2 Å². The van der Waals surface area contributed by atoms with E-state index in [0.29, 0.717) is 28.6 Å². The number of amides is 1. The lowest BCUT2D eigenvalue weighted by Crippen LogP contribution is -2.30. The molecule has 152 valence electrons. The second kappa shape index (κ2) is 8.50. The molecule has 0 bridgehead atoms. The molecule has 1 amide bonds. The third kappa shape index (κ3) is 5.61. The standard InChI is InChI=1S/C20H22F3NO4/c1-4-19(2,3)18(26)24-15-9-5-8-14-13(15)7-6-10-16(14)27-11-17(25)28-12-20(21,22)23/h5-10H,4,11-12H2,1-3H3,(H,24,26). The van der Waals surface area contributed by atoms with Crippen LogP contribution in [0.5, 0.6) is 5.75 Å². The summed E-state index contributed by atoms with van der Waals surface area (Å²) in [6, 6.07) is 10.2. The molecule has 0 atom stereocenters. The Labute approximate surface area is 160 Å². The van der Waals surface area contributed by atoms with Gasteiger partial charge in [0.25, 0.3) is 0 Å². The number of nitrogens with one attached hydrogen (secondary N) is 1. The fraction of sp³-hybridized carbons (Fsp3) is 0.400. The Bertz CT molecular complexity index is 862. The SMILES string of the molecule is CCC(C)(C)C(=O)Nc1cccc2c(OCC(=O)OCC(F)(F)F)cccc12. The summed E-state index contributed by atoms with van der Waals surface area (Å²) in [5.74, 6) is -0.958. The van der Waals surface area contributed by atoms with E-state index in [0.717, 1.165) is 0 Å². The fourth-order valence-corrected chi connectivity index (χ4v) is 2.31. The predicted octanol–water partition coefficient (Wildman–Crippen LogP) is 4.70. The molecular formula is C20H22F3NO4. The van der Waals surface area contributed by atoms with Gasteiger partial charge in [0.1, 0.15) is 5.75 Å². The van der Waals surface area contributed by atoms with E-state index in [9.17, 15) is 22.8 Å². The molecule has 28 heavy (non-hydrogen) atoms. The summed E-state index contributed by atoms with van der Waals surface area (Å²) in [5.41, 5.74) is 0.0348. The topological polar surface area (TPSA) is 64.6 Å². The van der Waals surface area contributed by atoms with Gasteiger partial charge in [-0.25, -0.2) is 4.79 Å². The Kier molecular flexibility index (Phi) is 6.53. The first-order valence-electron chi connectivity index (χ1n) is 8.72. The van der Waals surface area contributed by atoms with Crippen LogP contribution in [-0.2, 0) is 14.3 Å². The molecule has 2 aromatic rings. The Hall–Kier alpha value is -2.77. The van der Waals surface area contributed by atoms with Gasteiger partial charge in [-0.15, -0.1) is 0 Å². The average molecular weight is 397 g/mol. The van der Waals surface area contributed by atoms with Gasteiger partial charge in [0.15, 0.2) is 13.2 Å². The number of ether oxygens (including phenoxy) is 2. The van der Waals surface area contributed by atoms with E-state index in [1.807, 2.05) is 20.8 Å². The molecule has 0 unspecified atom stereocenters. The summed E-state index contributed by atoms with van der Waals surface area (Å²) in [5, 5.41) is 4.19. The first-order valence-corrected chi connectivity index (χ1v) is 8.72. The molecule has 2 rings (SSSR count). The van der Waals surface area contributed by atoms with Crippen LogP contribution in [0.2, 0.25) is 0 Å². The van der Waals surface area contributed by atoms with Crippen molar-refractivity contribution in [3.63, 3.8) is 0 Å². The van der Waals surface area contributed by atoms with Crippen LogP contribution in [0.4, 0.5) is 18.9 Å². The highest BCUT2D eigenvalue weighted by Crippen LogP contribution is 2.32. The monoisotopic (exact) mass is 397 g/mol. The summed E-state index contributed by atoms with van der Waals surface area (Å²) in [6.07, 6.45) is -3.92. The minimum atomic E-state index is -4.59. The van der Waals surface area contributed by atoms with Crippen LogP contribution in [0.15, 0.2) is 36.4 Å². The van der Waals surface area contributed by atoms with Crippen molar-refractivity contribution in [2.45, 2.75) is 33.4 Å². The van der Waals surface area contributed by atoms with Crippen LogP contribution in [0, 0.1) is 5.41 Å². The molecule has 0 radical (unpaired) electrons. The Balaban J connectivity index is 2.17. The number of carbonyl (C=O) groups excluding carboxylic acids is 2. The van der Waals surface area contributed by atoms with E-state index in [-0.39, 0.29) is 5.91 Å². The summed E-state index contributed by atoms with van der Waals surface area (Å²) < 4.78 is 45.7. The maximum Gasteiger partial charge on any atom is 0.422 e. The quantitative estimate of drug-likeness (QED) is 0.688. The fourth-order valence-electron chi connectivity index (χ4n) is 2.31. The maximum absolute atomic E-state index is 12.5. The lowest BCUT2D eigenvalue weighted by molar-refractivity contribution is -0.187. The molecule has 0 heterocycles.